The zero-order chi connectivity index (χ0) is 12.5. The van der Waals surface area contributed by atoms with Crippen molar-refractivity contribution in [1.82, 2.24) is 9.88 Å². The van der Waals surface area contributed by atoms with Crippen molar-refractivity contribution in [3.63, 3.8) is 0 Å². The molecule has 4 heteroatoms. The van der Waals surface area contributed by atoms with Crippen LogP contribution in [0.2, 0.25) is 0 Å². The Morgan fingerprint density at radius 2 is 2.22 bits per heavy atom. The third-order valence-electron chi connectivity index (χ3n) is 3.04. The van der Waals surface area contributed by atoms with E-state index < -0.39 is 0 Å². The average Bonchev–Trinajstić information content (AvgIpc) is 2.74. The predicted molar refractivity (Wildman–Crippen MR) is 74.2 cm³/mol. The number of aryl methyl sites for hydroxylation is 1. The van der Waals surface area contributed by atoms with Crippen LogP contribution in [0, 0.1) is 6.92 Å². The van der Waals surface area contributed by atoms with Gasteiger partial charge in [-0.1, -0.05) is 12.1 Å². The number of hydrogen-bond acceptors (Lipinski definition) is 4. The number of rotatable bonds is 3. The van der Waals surface area contributed by atoms with Crippen molar-refractivity contribution in [3.05, 3.63) is 35.3 Å². The third kappa shape index (κ3) is 2.40. The lowest BCUT2D eigenvalue weighted by molar-refractivity contribution is 0.0389. The van der Waals surface area contributed by atoms with E-state index in [2.05, 4.69) is 36.0 Å². The maximum Gasteiger partial charge on any atom is 0.124 e. The second-order valence-corrected chi connectivity index (χ2v) is 6.00. The topological polar surface area (TPSA) is 25.4 Å². The third-order valence-corrected chi connectivity index (χ3v) is 4.00. The molecule has 1 aliphatic rings. The van der Waals surface area contributed by atoms with Gasteiger partial charge in [-0.25, -0.2) is 4.98 Å². The summed E-state index contributed by atoms with van der Waals surface area (Å²) in [6.45, 7) is 4.10. The monoisotopic (exact) mass is 260 g/mol. The van der Waals surface area contributed by atoms with Gasteiger partial charge in [0.15, 0.2) is 0 Å². The molecule has 3 rings (SSSR count). The summed E-state index contributed by atoms with van der Waals surface area (Å²) in [7, 11) is 2.11. The maximum absolute atomic E-state index is 5.92. The summed E-state index contributed by atoms with van der Waals surface area (Å²) in [6, 6.07) is 8.21. The minimum absolute atomic E-state index is 0.336. The van der Waals surface area contributed by atoms with Gasteiger partial charge in [0.25, 0.3) is 0 Å². The second kappa shape index (κ2) is 4.71. The number of hydrogen-bond donors (Lipinski definition) is 0. The molecular weight excluding hydrogens is 244 g/mol. The van der Waals surface area contributed by atoms with E-state index in [9.17, 15) is 0 Å². The molecule has 0 spiro atoms. The van der Waals surface area contributed by atoms with Crippen molar-refractivity contribution in [2.45, 2.75) is 13.0 Å². The van der Waals surface area contributed by atoms with Gasteiger partial charge in [0.05, 0.1) is 0 Å². The summed E-state index contributed by atoms with van der Waals surface area (Å²) in [5.74, 6) is 0.943. The molecule has 1 aromatic heterocycles. The van der Waals surface area contributed by atoms with Crippen LogP contribution in [0.5, 0.6) is 5.75 Å². The lowest BCUT2D eigenvalue weighted by Crippen LogP contribution is -2.51. The lowest BCUT2D eigenvalue weighted by atomic mass is 10.2. The van der Waals surface area contributed by atoms with Gasteiger partial charge < -0.3 is 4.74 Å². The summed E-state index contributed by atoms with van der Waals surface area (Å²) in [6.07, 6.45) is 2.25. The van der Waals surface area contributed by atoms with Crippen LogP contribution >= 0.6 is 11.3 Å². The molecule has 2 heterocycles. The molecule has 1 aliphatic heterocycles. The van der Waals surface area contributed by atoms with Crippen molar-refractivity contribution in [2.75, 3.05) is 20.1 Å². The molecular formula is C14H16N2OS. The highest BCUT2D eigenvalue weighted by Crippen LogP contribution is 2.28. The van der Waals surface area contributed by atoms with Crippen LogP contribution in [0.1, 0.15) is 4.88 Å². The maximum atomic E-state index is 5.92. The molecule has 0 unspecified atom stereocenters. The highest BCUT2D eigenvalue weighted by Gasteiger charge is 2.24. The first-order valence-electron chi connectivity index (χ1n) is 6.09. The molecule has 0 amide bonds. The number of thiazole rings is 1. The number of likely N-dealkylation sites (N-methyl/N-ethyl adjacent to an activating group) is 1. The lowest BCUT2D eigenvalue weighted by Gasteiger charge is -2.36. The summed E-state index contributed by atoms with van der Waals surface area (Å²) < 4.78 is 5.92. The molecule has 0 N–H and O–H groups in total. The summed E-state index contributed by atoms with van der Waals surface area (Å²) in [5.41, 5.74) is 1.14. The number of ether oxygens (including phenoxy) is 1. The zero-order valence-corrected chi connectivity index (χ0v) is 11.4. The quantitative estimate of drug-likeness (QED) is 0.848. The van der Waals surface area contributed by atoms with Crippen LogP contribution < -0.4 is 4.74 Å². The normalized spacial score (nSPS) is 16.6. The highest BCUT2D eigenvalue weighted by atomic mass is 32.1. The Morgan fingerprint density at radius 3 is 2.89 bits per heavy atom. The van der Waals surface area contributed by atoms with Crippen molar-refractivity contribution in [1.29, 1.82) is 0 Å². The molecule has 0 radical (unpaired) electrons. The molecule has 1 aromatic carbocycles. The molecule has 1 saturated heterocycles. The number of benzene rings is 1. The second-order valence-electron chi connectivity index (χ2n) is 4.76. The molecule has 94 valence electrons. The van der Waals surface area contributed by atoms with E-state index in [0.29, 0.717) is 6.10 Å². The first-order valence-corrected chi connectivity index (χ1v) is 6.90. The van der Waals surface area contributed by atoms with Gasteiger partial charge in [-0.15, -0.1) is 11.3 Å². The van der Waals surface area contributed by atoms with Crippen LogP contribution in [-0.2, 0) is 0 Å². The molecule has 0 saturated carbocycles. The number of aromatic nitrogens is 1. The van der Waals surface area contributed by atoms with Crippen LogP contribution in [0.4, 0.5) is 0 Å². The Labute approximate surface area is 111 Å². The Kier molecular flexibility index (Phi) is 3.06. The van der Waals surface area contributed by atoms with Crippen LogP contribution in [0.3, 0.4) is 0 Å². The van der Waals surface area contributed by atoms with Crippen molar-refractivity contribution in [3.8, 4) is 16.3 Å². The SMILES string of the molecule is Cc1cnc(-c2cccc(OC3CN(C)C3)c2)s1. The first kappa shape index (κ1) is 11.7. The van der Waals surface area contributed by atoms with E-state index >= 15 is 0 Å². The molecule has 3 nitrogen and oxygen atoms in total. The fourth-order valence-corrected chi connectivity index (χ4v) is 2.86. The van der Waals surface area contributed by atoms with Crippen LogP contribution in [0.15, 0.2) is 30.5 Å². The van der Waals surface area contributed by atoms with Gasteiger partial charge >= 0.3 is 0 Å². The van der Waals surface area contributed by atoms with Gasteiger partial charge in [0.2, 0.25) is 0 Å². The first-order chi connectivity index (χ1) is 8.70. The van der Waals surface area contributed by atoms with E-state index in [1.807, 2.05) is 18.3 Å². The van der Waals surface area contributed by atoms with Crippen molar-refractivity contribution in [2.24, 2.45) is 0 Å². The van der Waals surface area contributed by atoms with Gasteiger partial charge in [-0.05, 0) is 26.1 Å². The van der Waals surface area contributed by atoms with Crippen molar-refractivity contribution >= 4 is 11.3 Å². The fourth-order valence-electron chi connectivity index (χ4n) is 2.10. The molecule has 0 aliphatic carbocycles. The molecule has 0 bridgehead atoms. The van der Waals surface area contributed by atoms with E-state index in [1.165, 1.54) is 4.88 Å². The summed E-state index contributed by atoms with van der Waals surface area (Å²) in [5, 5.41) is 1.06. The Hall–Kier alpha value is -1.39. The smallest absolute Gasteiger partial charge is 0.124 e. The van der Waals surface area contributed by atoms with E-state index in [0.717, 1.165) is 29.4 Å². The van der Waals surface area contributed by atoms with Crippen molar-refractivity contribution < 1.29 is 4.74 Å². The molecule has 2 aromatic rings. The largest absolute Gasteiger partial charge is 0.488 e. The minimum atomic E-state index is 0.336. The fraction of sp³-hybridized carbons (Fsp3) is 0.357. The number of likely N-dealkylation sites (tertiary alicyclic amines) is 1. The van der Waals surface area contributed by atoms with Crippen LogP contribution in [0.25, 0.3) is 10.6 Å². The van der Waals surface area contributed by atoms with E-state index in [1.54, 1.807) is 11.3 Å². The van der Waals surface area contributed by atoms with Gasteiger partial charge in [0, 0.05) is 29.7 Å². The molecule has 18 heavy (non-hydrogen) atoms. The minimum Gasteiger partial charge on any atom is -0.488 e. The van der Waals surface area contributed by atoms with Gasteiger partial charge in [0.1, 0.15) is 16.9 Å². The van der Waals surface area contributed by atoms with Gasteiger partial charge in [-0.3, -0.25) is 4.90 Å². The summed E-state index contributed by atoms with van der Waals surface area (Å²) in [4.78, 5) is 7.89. The standard InChI is InChI=1S/C14H16N2OS/c1-10-7-15-14(18-10)11-4-3-5-12(6-11)17-13-8-16(2)9-13/h3-7,13H,8-9H2,1-2H3. The average molecular weight is 260 g/mol. The Morgan fingerprint density at radius 1 is 1.39 bits per heavy atom. The highest BCUT2D eigenvalue weighted by molar-refractivity contribution is 7.14. The number of nitrogens with zero attached hydrogens (tertiary/aromatic N) is 2. The Bertz CT molecular complexity index is 546. The Balaban J connectivity index is 1.76. The molecule has 0 atom stereocenters. The van der Waals surface area contributed by atoms with E-state index in [-0.39, 0.29) is 0 Å². The van der Waals surface area contributed by atoms with E-state index in [4.69, 9.17) is 4.74 Å². The zero-order valence-electron chi connectivity index (χ0n) is 10.6. The van der Waals surface area contributed by atoms with Gasteiger partial charge in [-0.2, -0.15) is 0 Å². The molecule has 1 fully saturated rings. The predicted octanol–water partition coefficient (Wildman–Crippen LogP) is 2.81. The van der Waals surface area contributed by atoms with Crippen LogP contribution in [-0.4, -0.2) is 36.1 Å². The summed E-state index contributed by atoms with van der Waals surface area (Å²) >= 11 is 1.71.